The van der Waals surface area contributed by atoms with Crippen LogP contribution in [-0.2, 0) is 6.61 Å². The van der Waals surface area contributed by atoms with Gasteiger partial charge in [0.2, 0.25) is 0 Å². The van der Waals surface area contributed by atoms with Crippen LogP contribution >= 0.6 is 0 Å². The highest BCUT2D eigenvalue weighted by atomic mass is 19.1. The van der Waals surface area contributed by atoms with Crippen LogP contribution in [0.3, 0.4) is 0 Å². The summed E-state index contributed by atoms with van der Waals surface area (Å²) >= 11 is 0. The minimum atomic E-state index is -0.491. The first kappa shape index (κ1) is 15.0. The van der Waals surface area contributed by atoms with Crippen LogP contribution in [0.25, 0.3) is 5.69 Å². The summed E-state index contributed by atoms with van der Waals surface area (Å²) in [6.07, 6.45) is 2.71. The zero-order valence-electron chi connectivity index (χ0n) is 12.5. The molecule has 118 valence electrons. The van der Waals surface area contributed by atoms with Crippen LogP contribution in [0, 0.1) is 25.5 Å². The van der Waals surface area contributed by atoms with Crippen molar-refractivity contribution >= 4 is 0 Å². The molecule has 8 heteroatoms. The maximum Gasteiger partial charge on any atom is 0.317 e. The van der Waals surface area contributed by atoms with Crippen LogP contribution in [-0.4, -0.2) is 25.0 Å². The van der Waals surface area contributed by atoms with Gasteiger partial charge in [0.05, 0.1) is 23.8 Å². The lowest BCUT2D eigenvalue weighted by molar-refractivity contribution is 0.274. The smallest absolute Gasteiger partial charge is 0.317 e. The summed E-state index contributed by atoms with van der Waals surface area (Å²) in [5.41, 5.74) is 1.96. The van der Waals surface area contributed by atoms with Gasteiger partial charge in [-0.2, -0.15) is 4.98 Å². The molecule has 0 amide bonds. The zero-order chi connectivity index (χ0) is 16.4. The first-order chi connectivity index (χ1) is 11.0. The normalized spacial score (nSPS) is 10.8. The van der Waals surface area contributed by atoms with Crippen molar-refractivity contribution in [3.63, 3.8) is 0 Å². The number of aryl methyl sites for hydroxylation is 2. The zero-order valence-corrected chi connectivity index (χ0v) is 12.5. The minimum absolute atomic E-state index is 0.0658. The van der Waals surface area contributed by atoms with E-state index in [1.807, 2.05) is 0 Å². The van der Waals surface area contributed by atoms with Crippen molar-refractivity contribution in [2.24, 2.45) is 0 Å². The summed E-state index contributed by atoms with van der Waals surface area (Å²) < 4.78 is 33.2. The molecule has 3 aromatic rings. The van der Waals surface area contributed by atoms with Crippen LogP contribution in [0.5, 0.6) is 6.01 Å². The van der Waals surface area contributed by atoms with E-state index < -0.39 is 5.82 Å². The van der Waals surface area contributed by atoms with Gasteiger partial charge < -0.3 is 4.74 Å². The van der Waals surface area contributed by atoms with Crippen LogP contribution in [0.1, 0.15) is 17.0 Å². The molecule has 2 heterocycles. The molecule has 0 aliphatic rings. The van der Waals surface area contributed by atoms with Crippen LogP contribution in [0.15, 0.2) is 30.6 Å². The van der Waals surface area contributed by atoms with Crippen molar-refractivity contribution in [2.45, 2.75) is 20.5 Å². The topological polar surface area (TPSA) is 65.7 Å². The van der Waals surface area contributed by atoms with Crippen molar-refractivity contribution < 1.29 is 13.5 Å². The van der Waals surface area contributed by atoms with Crippen molar-refractivity contribution in [3.8, 4) is 11.7 Å². The molecule has 0 aliphatic heterocycles. The number of rotatable bonds is 4. The average Bonchev–Trinajstić information content (AvgIpc) is 3.00. The number of aromatic nitrogens is 5. The Kier molecular flexibility index (Phi) is 3.96. The highest BCUT2D eigenvalue weighted by Gasteiger charge is 2.08. The quantitative estimate of drug-likeness (QED) is 0.740. The number of nitrogens with zero attached hydrogens (tertiary/aromatic N) is 5. The Hall–Kier alpha value is -2.90. The van der Waals surface area contributed by atoms with Crippen molar-refractivity contribution in [3.05, 3.63) is 59.2 Å². The van der Waals surface area contributed by atoms with E-state index in [1.54, 1.807) is 25.3 Å². The SMILES string of the molecule is Cc1cc(-n2cc(COc3ncc(F)c(C)n3)nn2)ccc1F. The molecule has 0 saturated heterocycles. The van der Waals surface area contributed by atoms with Gasteiger partial charge in [-0.15, -0.1) is 5.10 Å². The molecule has 0 spiro atoms. The van der Waals surface area contributed by atoms with Gasteiger partial charge in [-0.05, 0) is 37.6 Å². The minimum Gasteiger partial charge on any atom is -0.457 e. The van der Waals surface area contributed by atoms with Crippen molar-refractivity contribution in [1.82, 2.24) is 25.0 Å². The summed E-state index contributed by atoms with van der Waals surface area (Å²) in [5, 5.41) is 7.93. The summed E-state index contributed by atoms with van der Waals surface area (Å²) in [4.78, 5) is 7.60. The highest BCUT2D eigenvalue weighted by molar-refractivity contribution is 5.35. The molecule has 23 heavy (non-hydrogen) atoms. The fourth-order valence-electron chi connectivity index (χ4n) is 1.90. The molecule has 0 saturated carbocycles. The first-order valence-corrected chi connectivity index (χ1v) is 6.82. The number of halogens is 2. The molecule has 0 bridgehead atoms. The Morgan fingerprint density at radius 1 is 1.17 bits per heavy atom. The molecule has 0 atom stereocenters. The summed E-state index contributed by atoms with van der Waals surface area (Å²) in [6.45, 7) is 3.29. The van der Waals surface area contributed by atoms with Gasteiger partial charge in [-0.3, -0.25) is 0 Å². The highest BCUT2D eigenvalue weighted by Crippen LogP contribution is 2.13. The standard InChI is InChI=1S/C15H13F2N5O/c1-9-5-12(3-4-13(9)16)22-7-11(20-21-22)8-23-15-18-6-14(17)10(2)19-15/h3-7H,8H2,1-2H3. The number of hydrogen-bond donors (Lipinski definition) is 0. The molecular formula is C15H13F2N5O. The van der Waals surface area contributed by atoms with Crippen LogP contribution in [0.2, 0.25) is 0 Å². The lowest BCUT2D eigenvalue weighted by Gasteiger charge is -2.03. The molecule has 0 N–H and O–H groups in total. The molecule has 2 aromatic heterocycles. The molecular weight excluding hydrogens is 304 g/mol. The van der Waals surface area contributed by atoms with E-state index >= 15 is 0 Å². The second-order valence-corrected chi connectivity index (χ2v) is 4.96. The number of benzene rings is 1. The second-order valence-electron chi connectivity index (χ2n) is 4.96. The molecule has 0 aliphatic carbocycles. The molecule has 6 nitrogen and oxygen atoms in total. The second kappa shape index (κ2) is 6.07. The number of hydrogen-bond acceptors (Lipinski definition) is 5. The third-order valence-corrected chi connectivity index (χ3v) is 3.19. The molecule has 0 fully saturated rings. The molecule has 1 aromatic carbocycles. The van der Waals surface area contributed by atoms with Gasteiger partial charge in [0.1, 0.15) is 18.1 Å². The van der Waals surface area contributed by atoms with E-state index in [1.165, 1.54) is 17.7 Å². The predicted molar refractivity (Wildman–Crippen MR) is 77.1 cm³/mol. The monoisotopic (exact) mass is 317 g/mol. The van der Waals surface area contributed by atoms with Crippen molar-refractivity contribution in [2.75, 3.05) is 0 Å². The Morgan fingerprint density at radius 2 is 2.00 bits per heavy atom. The Bertz CT molecular complexity index is 850. The largest absolute Gasteiger partial charge is 0.457 e. The lowest BCUT2D eigenvalue weighted by atomic mass is 10.2. The number of ether oxygens (including phenoxy) is 1. The van der Waals surface area contributed by atoms with E-state index in [0.29, 0.717) is 16.9 Å². The van der Waals surface area contributed by atoms with E-state index in [4.69, 9.17) is 4.74 Å². The van der Waals surface area contributed by atoms with Gasteiger partial charge in [0, 0.05) is 0 Å². The third-order valence-electron chi connectivity index (χ3n) is 3.19. The van der Waals surface area contributed by atoms with E-state index in [0.717, 1.165) is 6.20 Å². The maximum atomic E-state index is 13.3. The molecule has 0 radical (unpaired) electrons. The van der Waals surface area contributed by atoms with E-state index in [-0.39, 0.29) is 24.1 Å². The lowest BCUT2D eigenvalue weighted by Crippen LogP contribution is -2.02. The van der Waals surface area contributed by atoms with E-state index in [2.05, 4.69) is 20.3 Å². The Morgan fingerprint density at radius 3 is 2.74 bits per heavy atom. The average molecular weight is 317 g/mol. The maximum absolute atomic E-state index is 13.3. The summed E-state index contributed by atoms with van der Waals surface area (Å²) in [5.74, 6) is -0.767. The van der Waals surface area contributed by atoms with Gasteiger partial charge in [0.25, 0.3) is 0 Å². The summed E-state index contributed by atoms with van der Waals surface area (Å²) in [6, 6.07) is 4.71. The predicted octanol–water partition coefficient (Wildman–Crippen LogP) is 2.53. The van der Waals surface area contributed by atoms with E-state index in [9.17, 15) is 8.78 Å². The first-order valence-electron chi connectivity index (χ1n) is 6.82. The summed E-state index contributed by atoms with van der Waals surface area (Å²) in [7, 11) is 0. The van der Waals surface area contributed by atoms with Gasteiger partial charge >= 0.3 is 6.01 Å². The Labute approximate surface area is 130 Å². The fourth-order valence-corrected chi connectivity index (χ4v) is 1.90. The Balaban J connectivity index is 1.71. The fraction of sp³-hybridized carbons (Fsp3) is 0.200. The van der Waals surface area contributed by atoms with Crippen LogP contribution in [0.4, 0.5) is 8.78 Å². The van der Waals surface area contributed by atoms with Gasteiger partial charge in [-0.25, -0.2) is 18.4 Å². The van der Waals surface area contributed by atoms with Gasteiger partial charge in [-0.1, -0.05) is 5.21 Å². The molecule has 3 rings (SSSR count). The molecule has 0 unspecified atom stereocenters. The third kappa shape index (κ3) is 3.31. The van der Waals surface area contributed by atoms with Crippen molar-refractivity contribution in [1.29, 1.82) is 0 Å². The van der Waals surface area contributed by atoms with Gasteiger partial charge in [0.15, 0.2) is 5.82 Å². The van der Waals surface area contributed by atoms with Crippen LogP contribution < -0.4 is 4.74 Å².